The van der Waals surface area contributed by atoms with Crippen molar-refractivity contribution in [2.45, 2.75) is 13.0 Å². The van der Waals surface area contributed by atoms with Crippen molar-refractivity contribution >= 4 is 11.6 Å². The number of methoxy groups -OCH3 is 2. The number of nitrogens with two attached hydrogens (primary N) is 1. The van der Waals surface area contributed by atoms with Crippen LogP contribution in [0.2, 0.25) is 0 Å². The summed E-state index contributed by atoms with van der Waals surface area (Å²) in [6.07, 6.45) is 0.749. The second kappa shape index (κ2) is 10.7. The molecule has 1 aliphatic rings. The number of anilines is 1. The molecule has 7 nitrogen and oxygen atoms in total. The van der Waals surface area contributed by atoms with Gasteiger partial charge in [-0.25, -0.2) is 9.38 Å². The van der Waals surface area contributed by atoms with E-state index in [0.717, 1.165) is 17.5 Å². The van der Waals surface area contributed by atoms with Crippen molar-refractivity contribution < 1.29 is 18.6 Å². The van der Waals surface area contributed by atoms with Crippen LogP contribution in [0.4, 0.5) is 10.1 Å². The third kappa shape index (κ3) is 5.76. The fraction of sp³-hybridized carbons (Fsp3) is 0.409. The first-order chi connectivity index (χ1) is 14.6. The van der Waals surface area contributed by atoms with Gasteiger partial charge in [-0.1, -0.05) is 12.1 Å². The molecule has 2 aromatic rings. The van der Waals surface area contributed by atoms with Crippen molar-refractivity contribution in [1.29, 1.82) is 0 Å². The van der Waals surface area contributed by atoms with Gasteiger partial charge in [0.2, 0.25) is 0 Å². The standard InChI is InChI=1S/C22H29FN4O3/c1-28-20-6-4-16(14-21(20)29-2)7-8-25-22(24)26-15-17-3-5-19(18(23)13-17)27-9-11-30-12-10-27/h3-6,13-14H,7-12,15H2,1-2H3,(H3,24,25,26). The quantitative estimate of drug-likeness (QED) is 0.508. The molecule has 1 aliphatic heterocycles. The van der Waals surface area contributed by atoms with Crippen LogP contribution in [0.5, 0.6) is 11.5 Å². The molecule has 3 N–H and O–H groups in total. The lowest BCUT2D eigenvalue weighted by Crippen LogP contribution is -2.36. The average Bonchev–Trinajstić information content (AvgIpc) is 2.78. The molecular formula is C22H29FN4O3. The molecule has 0 radical (unpaired) electrons. The monoisotopic (exact) mass is 416 g/mol. The van der Waals surface area contributed by atoms with Gasteiger partial charge in [0.25, 0.3) is 0 Å². The van der Waals surface area contributed by atoms with E-state index in [9.17, 15) is 4.39 Å². The van der Waals surface area contributed by atoms with Crippen LogP contribution in [0.25, 0.3) is 0 Å². The zero-order valence-corrected chi connectivity index (χ0v) is 17.5. The zero-order valence-electron chi connectivity index (χ0n) is 17.5. The van der Waals surface area contributed by atoms with Gasteiger partial charge < -0.3 is 30.2 Å². The molecule has 8 heteroatoms. The number of nitrogens with one attached hydrogen (secondary N) is 1. The maximum Gasteiger partial charge on any atom is 0.188 e. The number of hydrogen-bond donors (Lipinski definition) is 2. The molecule has 0 bridgehead atoms. The number of nitrogens with zero attached hydrogens (tertiary/aromatic N) is 2. The van der Waals surface area contributed by atoms with Crippen LogP contribution in [0.3, 0.4) is 0 Å². The van der Waals surface area contributed by atoms with Crippen LogP contribution in [-0.4, -0.2) is 53.0 Å². The lowest BCUT2D eigenvalue weighted by atomic mass is 10.1. The highest BCUT2D eigenvalue weighted by atomic mass is 19.1. The number of benzene rings is 2. The minimum Gasteiger partial charge on any atom is -0.493 e. The minimum atomic E-state index is -0.246. The summed E-state index contributed by atoms with van der Waals surface area (Å²) >= 11 is 0. The molecule has 0 aliphatic carbocycles. The third-order valence-corrected chi connectivity index (χ3v) is 4.96. The summed E-state index contributed by atoms with van der Waals surface area (Å²) in [6.45, 7) is 3.58. The molecule has 2 aromatic carbocycles. The molecule has 0 unspecified atom stereocenters. The summed E-state index contributed by atoms with van der Waals surface area (Å²) in [7, 11) is 3.22. The van der Waals surface area contributed by atoms with Gasteiger partial charge in [-0.05, 0) is 41.8 Å². The number of guanidine groups is 1. The van der Waals surface area contributed by atoms with E-state index >= 15 is 0 Å². The maximum atomic E-state index is 14.5. The molecule has 0 saturated carbocycles. The molecule has 30 heavy (non-hydrogen) atoms. The molecule has 162 valence electrons. The first-order valence-electron chi connectivity index (χ1n) is 9.96. The van der Waals surface area contributed by atoms with E-state index < -0.39 is 0 Å². The van der Waals surface area contributed by atoms with Gasteiger partial charge in [0.1, 0.15) is 5.82 Å². The Balaban J connectivity index is 1.49. The van der Waals surface area contributed by atoms with Crippen LogP contribution in [0.1, 0.15) is 11.1 Å². The van der Waals surface area contributed by atoms with Gasteiger partial charge in [0.05, 0.1) is 39.7 Å². The lowest BCUT2D eigenvalue weighted by molar-refractivity contribution is 0.122. The van der Waals surface area contributed by atoms with Crippen LogP contribution < -0.4 is 25.4 Å². The fourth-order valence-electron chi connectivity index (χ4n) is 3.31. The second-order valence-corrected chi connectivity index (χ2v) is 6.95. The van der Waals surface area contributed by atoms with Crippen molar-refractivity contribution in [3.8, 4) is 11.5 Å². The number of halogens is 1. The zero-order chi connectivity index (χ0) is 21.3. The number of ether oxygens (including phenoxy) is 3. The molecule has 1 saturated heterocycles. The minimum absolute atomic E-state index is 0.246. The van der Waals surface area contributed by atoms with E-state index in [1.807, 2.05) is 29.2 Å². The third-order valence-electron chi connectivity index (χ3n) is 4.96. The van der Waals surface area contributed by atoms with Gasteiger partial charge >= 0.3 is 0 Å². The Morgan fingerprint density at radius 1 is 1.10 bits per heavy atom. The Morgan fingerprint density at radius 2 is 1.83 bits per heavy atom. The second-order valence-electron chi connectivity index (χ2n) is 6.95. The maximum absolute atomic E-state index is 14.5. The molecule has 0 amide bonds. The van der Waals surface area contributed by atoms with Gasteiger partial charge in [0.15, 0.2) is 17.5 Å². The summed E-state index contributed by atoms with van der Waals surface area (Å²) in [5.41, 5.74) is 8.42. The van der Waals surface area contributed by atoms with Crippen molar-refractivity contribution in [2.75, 3.05) is 52.0 Å². The summed E-state index contributed by atoms with van der Waals surface area (Å²) in [5.74, 6) is 1.47. The highest BCUT2D eigenvalue weighted by molar-refractivity contribution is 5.77. The first-order valence-corrected chi connectivity index (χ1v) is 9.96. The Hall–Kier alpha value is -3.00. The van der Waals surface area contributed by atoms with E-state index in [4.69, 9.17) is 19.9 Å². The van der Waals surface area contributed by atoms with Crippen LogP contribution in [-0.2, 0) is 17.7 Å². The first kappa shape index (κ1) is 21.7. The predicted molar refractivity (Wildman–Crippen MR) is 116 cm³/mol. The number of rotatable bonds is 8. The summed E-state index contributed by atoms with van der Waals surface area (Å²) in [6, 6.07) is 11.0. The largest absolute Gasteiger partial charge is 0.493 e. The highest BCUT2D eigenvalue weighted by Gasteiger charge is 2.15. The molecule has 0 spiro atoms. The Bertz CT molecular complexity index is 869. The van der Waals surface area contributed by atoms with Crippen molar-refractivity contribution in [2.24, 2.45) is 10.7 Å². The molecule has 1 heterocycles. The summed E-state index contributed by atoms with van der Waals surface area (Å²) < 4.78 is 30.3. The van der Waals surface area contributed by atoms with Gasteiger partial charge in [-0.15, -0.1) is 0 Å². The van der Waals surface area contributed by atoms with Gasteiger partial charge in [-0.2, -0.15) is 0 Å². The predicted octanol–water partition coefficient (Wildman–Crippen LogP) is 2.33. The van der Waals surface area contributed by atoms with Gasteiger partial charge in [-0.3, -0.25) is 0 Å². The molecule has 3 rings (SSSR count). The van der Waals surface area contributed by atoms with E-state index in [1.165, 1.54) is 6.07 Å². The molecular weight excluding hydrogens is 387 g/mol. The van der Waals surface area contributed by atoms with E-state index in [0.29, 0.717) is 62.5 Å². The average molecular weight is 416 g/mol. The van der Waals surface area contributed by atoms with E-state index in [-0.39, 0.29) is 5.82 Å². The van der Waals surface area contributed by atoms with Gasteiger partial charge in [0, 0.05) is 19.6 Å². The van der Waals surface area contributed by atoms with Crippen molar-refractivity contribution in [1.82, 2.24) is 5.32 Å². The topological polar surface area (TPSA) is 81.3 Å². The van der Waals surface area contributed by atoms with Crippen LogP contribution >= 0.6 is 0 Å². The number of morpholine rings is 1. The summed E-state index contributed by atoms with van der Waals surface area (Å²) in [4.78, 5) is 6.30. The number of aliphatic imine (C=N–C) groups is 1. The smallest absolute Gasteiger partial charge is 0.188 e. The molecule has 0 aromatic heterocycles. The van der Waals surface area contributed by atoms with Crippen molar-refractivity contribution in [3.63, 3.8) is 0 Å². The molecule has 0 atom stereocenters. The lowest BCUT2D eigenvalue weighted by Gasteiger charge is -2.29. The van der Waals surface area contributed by atoms with Crippen molar-refractivity contribution in [3.05, 3.63) is 53.3 Å². The molecule has 1 fully saturated rings. The van der Waals surface area contributed by atoms with E-state index in [2.05, 4.69) is 10.3 Å². The number of hydrogen-bond acceptors (Lipinski definition) is 5. The summed E-state index contributed by atoms with van der Waals surface area (Å²) in [5, 5.41) is 3.08. The Labute approximate surface area is 176 Å². The van der Waals surface area contributed by atoms with Crippen LogP contribution in [0, 0.1) is 5.82 Å². The normalized spacial score (nSPS) is 14.5. The Kier molecular flexibility index (Phi) is 7.73. The SMILES string of the molecule is COc1ccc(CCNC(N)=NCc2ccc(N3CCOCC3)c(F)c2)cc1OC. The fourth-order valence-corrected chi connectivity index (χ4v) is 3.31. The highest BCUT2D eigenvalue weighted by Crippen LogP contribution is 2.27. The van der Waals surface area contributed by atoms with Crippen LogP contribution in [0.15, 0.2) is 41.4 Å². The Morgan fingerprint density at radius 3 is 2.53 bits per heavy atom. The van der Waals surface area contributed by atoms with E-state index in [1.54, 1.807) is 20.3 Å².